The smallest absolute Gasteiger partial charge is 0.295 e. The molecule has 8 atom stereocenters. The molecule has 0 heterocycles. The van der Waals surface area contributed by atoms with E-state index in [1.54, 1.807) is 0 Å². The zero-order valence-electron chi connectivity index (χ0n) is 20.7. The van der Waals surface area contributed by atoms with Gasteiger partial charge in [0, 0.05) is 12.8 Å². The van der Waals surface area contributed by atoms with Crippen LogP contribution in [0.15, 0.2) is 11.6 Å². The number of allylic oxidation sites excluding steroid dienone is 1. The van der Waals surface area contributed by atoms with Crippen molar-refractivity contribution in [1.29, 1.82) is 0 Å². The van der Waals surface area contributed by atoms with Crippen LogP contribution in [-0.2, 0) is 9.53 Å². The summed E-state index contributed by atoms with van der Waals surface area (Å²) >= 11 is 0. The number of rotatable bonds is 7. The molecule has 0 aromatic carbocycles. The molecule has 0 radical (unpaired) electrons. The van der Waals surface area contributed by atoms with Crippen molar-refractivity contribution in [3.8, 4) is 0 Å². The fraction of sp³-hybridized carbons (Fsp3) is 0.893. The predicted molar refractivity (Wildman–Crippen MR) is 125 cm³/mol. The molecule has 3 fully saturated rings. The number of ether oxygens (including phenoxy) is 1. The third-order valence-electron chi connectivity index (χ3n) is 10.6. The number of hydrogen-bond acceptors (Lipinski definition) is 3. The lowest BCUT2D eigenvalue weighted by Crippen LogP contribution is -2.52. The van der Waals surface area contributed by atoms with E-state index in [2.05, 4.69) is 40.7 Å². The van der Waals surface area contributed by atoms with Crippen LogP contribution in [0.1, 0.15) is 105 Å². The maximum atomic E-state index is 10.9. The highest BCUT2D eigenvalue weighted by Gasteiger charge is 2.60. The molecule has 3 saturated carbocycles. The minimum Gasteiger partial charge on any atom is -0.435 e. The van der Waals surface area contributed by atoms with Crippen LogP contribution in [0.25, 0.3) is 0 Å². The van der Waals surface area contributed by atoms with Crippen molar-refractivity contribution in [3.63, 3.8) is 0 Å². The maximum absolute atomic E-state index is 10.9. The zero-order chi connectivity index (χ0) is 22.4. The summed E-state index contributed by atoms with van der Waals surface area (Å²) in [6, 6.07) is 0. The summed E-state index contributed by atoms with van der Waals surface area (Å²) in [7, 11) is 0. The van der Waals surface area contributed by atoms with Crippen LogP contribution >= 0.6 is 0 Å². The highest BCUT2D eigenvalue weighted by Crippen LogP contribution is 2.67. The molecule has 4 aliphatic rings. The van der Waals surface area contributed by atoms with Gasteiger partial charge in [-0.15, -0.1) is 0 Å². The Labute approximate surface area is 190 Å². The van der Waals surface area contributed by atoms with Gasteiger partial charge in [-0.2, -0.15) is 0 Å². The third kappa shape index (κ3) is 4.02. The van der Waals surface area contributed by atoms with Gasteiger partial charge in [0.25, 0.3) is 6.47 Å². The molecule has 0 bridgehead atoms. The SMILES string of the molecule is CC(C)CCC[C@@H](C)[C@H]1CC[C@H]2[C@@H]3CC=C4CC(O)(OC=O)CC[C@]4(C)[C@H]3CC[C@]12C. The van der Waals surface area contributed by atoms with E-state index in [-0.39, 0.29) is 5.41 Å². The monoisotopic (exact) mass is 430 g/mol. The van der Waals surface area contributed by atoms with Crippen molar-refractivity contribution in [1.82, 2.24) is 0 Å². The van der Waals surface area contributed by atoms with Crippen LogP contribution < -0.4 is 0 Å². The van der Waals surface area contributed by atoms with E-state index in [4.69, 9.17) is 4.74 Å². The van der Waals surface area contributed by atoms with Crippen molar-refractivity contribution in [2.45, 2.75) is 111 Å². The molecule has 4 aliphatic carbocycles. The first kappa shape index (κ1) is 23.3. The van der Waals surface area contributed by atoms with Gasteiger partial charge in [-0.3, -0.25) is 4.79 Å². The molecular formula is C28H46O3. The van der Waals surface area contributed by atoms with E-state index < -0.39 is 5.79 Å². The van der Waals surface area contributed by atoms with Crippen LogP contribution in [0.5, 0.6) is 0 Å². The summed E-state index contributed by atoms with van der Waals surface area (Å²) in [4.78, 5) is 10.9. The third-order valence-corrected chi connectivity index (χ3v) is 10.6. The summed E-state index contributed by atoms with van der Waals surface area (Å²) in [5.74, 6) is 3.64. The first-order chi connectivity index (χ1) is 14.6. The molecular weight excluding hydrogens is 384 g/mol. The fourth-order valence-corrected chi connectivity index (χ4v) is 8.83. The lowest BCUT2D eigenvalue weighted by molar-refractivity contribution is -0.211. The zero-order valence-corrected chi connectivity index (χ0v) is 20.7. The van der Waals surface area contributed by atoms with Crippen molar-refractivity contribution >= 4 is 6.47 Å². The van der Waals surface area contributed by atoms with E-state index in [0.29, 0.717) is 24.7 Å². The van der Waals surface area contributed by atoms with Gasteiger partial charge in [0.1, 0.15) is 0 Å². The second-order valence-corrected chi connectivity index (χ2v) is 12.6. The van der Waals surface area contributed by atoms with E-state index in [1.807, 2.05) is 0 Å². The molecule has 3 nitrogen and oxygen atoms in total. The first-order valence-electron chi connectivity index (χ1n) is 13.2. The minimum absolute atomic E-state index is 0.170. The van der Waals surface area contributed by atoms with Gasteiger partial charge in [0.05, 0.1) is 0 Å². The standard InChI is InChI=1S/C28H46O3/c1-19(2)7-6-8-20(3)23-11-12-24-22-10-9-21-17-28(30,31-18-29)16-15-26(21,4)25(22)13-14-27(23,24)5/h9,18-20,22-25,30H,6-8,10-17H2,1-5H3/t20-,22+,23-,24+,25+,26+,27-,28?/m1/s1. The second-order valence-electron chi connectivity index (χ2n) is 12.6. The molecule has 0 saturated heterocycles. The van der Waals surface area contributed by atoms with Crippen LogP contribution in [0.2, 0.25) is 0 Å². The lowest BCUT2D eigenvalue weighted by atomic mass is 9.46. The Morgan fingerprint density at radius 2 is 1.87 bits per heavy atom. The molecule has 0 aliphatic heterocycles. The average molecular weight is 431 g/mol. The molecule has 0 aromatic heterocycles. The van der Waals surface area contributed by atoms with Gasteiger partial charge < -0.3 is 9.84 Å². The molecule has 31 heavy (non-hydrogen) atoms. The van der Waals surface area contributed by atoms with Crippen LogP contribution in [0.4, 0.5) is 0 Å². The maximum Gasteiger partial charge on any atom is 0.295 e. The molecule has 0 amide bonds. The molecule has 0 spiro atoms. The Kier molecular flexibility index (Phi) is 6.40. The summed E-state index contributed by atoms with van der Waals surface area (Å²) < 4.78 is 5.11. The van der Waals surface area contributed by atoms with E-state index in [0.717, 1.165) is 48.3 Å². The molecule has 4 rings (SSSR count). The van der Waals surface area contributed by atoms with Crippen LogP contribution in [0.3, 0.4) is 0 Å². The largest absolute Gasteiger partial charge is 0.435 e. The summed E-state index contributed by atoms with van der Waals surface area (Å²) in [6.45, 7) is 12.7. The van der Waals surface area contributed by atoms with E-state index >= 15 is 0 Å². The van der Waals surface area contributed by atoms with E-state index in [9.17, 15) is 9.90 Å². The Balaban J connectivity index is 1.49. The number of hydrogen-bond donors (Lipinski definition) is 1. The van der Waals surface area contributed by atoms with Crippen molar-refractivity contribution in [3.05, 3.63) is 11.6 Å². The van der Waals surface area contributed by atoms with Crippen LogP contribution in [0, 0.1) is 46.3 Å². The summed E-state index contributed by atoms with van der Waals surface area (Å²) in [5.41, 5.74) is 2.03. The molecule has 1 unspecified atom stereocenters. The molecule has 3 heteroatoms. The Bertz CT molecular complexity index is 698. The average Bonchev–Trinajstić information content (AvgIpc) is 3.06. The predicted octanol–water partition coefficient (Wildman–Crippen LogP) is 6.89. The number of carbonyl (C=O) groups is 1. The van der Waals surface area contributed by atoms with Crippen molar-refractivity contribution in [2.24, 2.45) is 46.3 Å². The Morgan fingerprint density at radius 3 is 2.58 bits per heavy atom. The normalized spacial score (nSPS) is 45.3. The van der Waals surface area contributed by atoms with E-state index in [1.165, 1.54) is 50.5 Å². The summed E-state index contributed by atoms with van der Waals surface area (Å²) in [6.07, 6.45) is 15.3. The van der Waals surface area contributed by atoms with Gasteiger partial charge >= 0.3 is 0 Å². The first-order valence-corrected chi connectivity index (χ1v) is 13.2. The number of carbonyl (C=O) groups excluding carboxylic acids is 1. The van der Waals surface area contributed by atoms with Gasteiger partial charge in [-0.1, -0.05) is 65.5 Å². The summed E-state index contributed by atoms with van der Waals surface area (Å²) in [5, 5.41) is 10.7. The van der Waals surface area contributed by atoms with Gasteiger partial charge in [0.15, 0.2) is 0 Å². The fourth-order valence-electron chi connectivity index (χ4n) is 8.83. The number of fused-ring (bicyclic) bond motifs is 5. The molecule has 1 N–H and O–H groups in total. The van der Waals surface area contributed by atoms with Gasteiger partial charge in [-0.25, -0.2) is 0 Å². The molecule has 176 valence electrons. The Morgan fingerprint density at radius 1 is 1.10 bits per heavy atom. The highest BCUT2D eigenvalue weighted by atomic mass is 16.6. The van der Waals surface area contributed by atoms with Crippen molar-refractivity contribution in [2.75, 3.05) is 0 Å². The highest BCUT2D eigenvalue weighted by molar-refractivity contribution is 5.39. The van der Waals surface area contributed by atoms with Crippen LogP contribution in [-0.4, -0.2) is 17.4 Å². The quantitative estimate of drug-likeness (QED) is 0.272. The lowest BCUT2D eigenvalue weighted by Gasteiger charge is -2.59. The topological polar surface area (TPSA) is 46.5 Å². The second kappa shape index (κ2) is 8.50. The Hall–Kier alpha value is -0.830. The minimum atomic E-state index is -1.28. The molecule has 0 aromatic rings. The van der Waals surface area contributed by atoms with Gasteiger partial charge in [-0.05, 0) is 84.9 Å². The number of aliphatic hydroxyl groups is 1. The van der Waals surface area contributed by atoms with Crippen molar-refractivity contribution < 1.29 is 14.6 Å². The van der Waals surface area contributed by atoms with Gasteiger partial charge in [0.2, 0.25) is 5.79 Å².